The topological polar surface area (TPSA) is 58.9 Å². The largest absolute Gasteiger partial charge is 0.492 e. The maximum absolute atomic E-state index is 9.58. The van der Waals surface area contributed by atoms with Gasteiger partial charge in [-0.1, -0.05) is 129 Å². The molecule has 9 rings (SSSR count). The van der Waals surface area contributed by atoms with E-state index in [0.717, 1.165) is 23.5 Å². The summed E-state index contributed by atoms with van der Waals surface area (Å²) < 4.78 is 11.9. The van der Waals surface area contributed by atoms with Gasteiger partial charge in [-0.3, -0.25) is 0 Å². The predicted octanol–water partition coefficient (Wildman–Crippen LogP) is 11.2. The average Bonchev–Trinajstić information content (AvgIpc) is 3.55. The maximum Gasteiger partial charge on any atom is 0.119 e. The van der Waals surface area contributed by atoms with Gasteiger partial charge >= 0.3 is 0 Å². The van der Waals surface area contributed by atoms with Crippen molar-refractivity contribution in [3.63, 3.8) is 0 Å². The fourth-order valence-electron chi connectivity index (χ4n) is 9.60. The third-order valence-corrected chi connectivity index (χ3v) is 12.2. The molecule has 3 unspecified atom stereocenters. The Morgan fingerprint density at radius 1 is 0.655 bits per heavy atom. The van der Waals surface area contributed by atoms with Crippen LogP contribution in [-0.2, 0) is 10.2 Å². The Balaban J connectivity index is 1.37. The van der Waals surface area contributed by atoms with Crippen LogP contribution in [0.4, 0.5) is 0 Å². The smallest absolute Gasteiger partial charge is 0.119 e. The molecule has 6 aromatic rings. The lowest BCUT2D eigenvalue weighted by Crippen LogP contribution is -2.44. The minimum atomic E-state index is -0.680. The molecule has 0 radical (unpaired) electrons. The van der Waals surface area contributed by atoms with Crippen LogP contribution >= 0.6 is 0 Å². The number of hydrogen-bond acceptors (Lipinski definition) is 4. The molecule has 4 heteroatoms. The van der Waals surface area contributed by atoms with Crippen LogP contribution in [0.3, 0.4) is 0 Å². The lowest BCUT2D eigenvalue weighted by molar-refractivity contribution is 0.148. The first-order valence-electron chi connectivity index (χ1n) is 19.5. The number of aliphatic hydroxyl groups is 2. The second-order valence-electron chi connectivity index (χ2n) is 15.4. The van der Waals surface area contributed by atoms with Crippen molar-refractivity contribution in [1.29, 1.82) is 0 Å². The molecule has 0 saturated carbocycles. The Kier molecular flexibility index (Phi) is 9.04. The summed E-state index contributed by atoms with van der Waals surface area (Å²) in [6, 6.07) is 44.7. The molecule has 3 aliphatic carbocycles. The van der Waals surface area contributed by atoms with E-state index < -0.39 is 10.8 Å². The highest BCUT2D eigenvalue weighted by Gasteiger charge is 2.57. The van der Waals surface area contributed by atoms with Gasteiger partial charge in [-0.25, -0.2) is 0 Å². The summed E-state index contributed by atoms with van der Waals surface area (Å²) in [7, 11) is 0. The second-order valence-corrected chi connectivity index (χ2v) is 15.4. The highest BCUT2D eigenvalue weighted by atomic mass is 16.5. The first-order chi connectivity index (χ1) is 26.9. The van der Waals surface area contributed by atoms with Crippen molar-refractivity contribution in [3.05, 3.63) is 179 Å². The number of rotatable bonds is 10. The van der Waals surface area contributed by atoms with Crippen LogP contribution in [0.1, 0.15) is 60.4 Å². The summed E-state index contributed by atoms with van der Waals surface area (Å²) >= 11 is 0. The number of hydrogen-bond donors (Lipinski definition) is 2. The van der Waals surface area contributed by atoms with Crippen molar-refractivity contribution >= 4 is 16.8 Å². The second kappa shape index (κ2) is 14.2. The third kappa shape index (κ3) is 5.75. The molecule has 3 atom stereocenters. The highest BCUT2D eigenvalue weighted by molar-refractivity contribution is 5.97. The van der Waals surface area contributed by atoms with Crippen molar-refractivity contribution < 1.29 is 19.7 Å². The Labute approximate surface area is 323 Å². The number of aliphatic hydroxyl groups excluding tert-OH is 2. The van der Waals surface area contributed by atoms with E-state index in [1.807, 2.05) is 0 Å². The molecule has 4 nitrogen and oxygen atoms in total. The van der Waals surface area contributed by atoms with Gasteiger partial charge in [0.2, 0.25) is 0 Å². The minimum Gasteiger partial charge on any atom is -0.492 e. The zero-order chi connectivity index (χ0) is 37.6. The monoisotopic (exact) mass is 722 g/mol. The van der Waals surface area contributed by atoms with Gasteiger partial charge in [0.15, 0.2) is 0 Å². The van der Waals surface area contributed by atoms with Crippen molar-refractivity contribution in [1.82, 2.24) is 0 Å². The van der Waals surface area contributed by atoms with E-state index >= 15 is 0 Å². The van der Waals surface area contributed by atoms with Crippen molar-refractivity contribution in [2.24, 2.45) is 5.41 Å². The zero-order valence-corrected chi connectivity index (χ0v) is 31.5. The number of allylic oxidation sites excluding steroid dienone is 4. The molecule has 2 N–H and O–H groups in total. The molecule has 0 heterocycles. The van der Waals surface area contributed by atoms with Gasteiger partial charge in [-0.15, -0.1) is 0 Å². The van der Waals surface area contributed by atoms with Crippen molar-refractivity contribution in [3.8, 4) is 39.1 Å². The molecule has 0 aliphatic heterocycles. The van der Waals surface area contributed by atoms with Crippen LogP contribution in [0.25, 0.3) is 50.2 Å². The summed E-state index contributed by atoms with van der Waals surface area (Å²) in [4.78, 5) is 0. The maximum atomic E-state index is 9.58. The Hall–Kier alpha value is -5.68. The van der Waals surface area contributed by atoms with Gasteiger partial charge in [0, 0.05) is 5.41 Å². The van der Waals surface area contributed by atoms with E-state index in [0.29, 0.717) is 12.3 Å². The van der Waals surface area contributed by atoms with Gasteiger partial charge in [-0.2, -0.15) is 0 Å². The molecule has 0 aromatic heterocycles. The molecule has 0 saturated heterocycles. The Morgan fingerprint density at radius 2 is 1.31 bits per heavy atom. The van der Waals surface area contributed by atoms with Crippen LogP contribution < -0.4 is 4.74 Å². The molecule has 3 aliphatic rings. The molecule has 0 bridgehead atoms. The molecule has 0 amide bonds. The molecular weight excluding hydrogens is 677 g/mol. The summed E-state index contributed by atoms with van der Waals surface area (Å²) in [5, 5.41) is 21.6. The van der Waals surface area contributed by atoms with Crippen molar-refractivity contribution in [2.75, 3.05) is 26.4 Å². The fourth-order valence-corrected chi connectivity index (χ4v) is 9.60. The van der Waals surface area contributed by atoms with E-state index in [1.165, 1.54) is 66.4 Å². The minimum absolute atomic E-state index is 0.0366. The van der Waals surface area contributed by atoms with Crippen LogP contribution in [0.5, 0.6) is 5.75 Å². The average molecular weight is 723 g/mol. The first-order valence-corrected chi connectivity index (χ1v) is 19.5. The quantitative estimate of drug-likeness (QED) is 0.148. The SMILES string of the molecule is CC1CC=Cc2cc(-c3cccc4c3C(c3ccc(OCCO)cc3)(C3(C)C=CC(OCCO)=CC3)c3c(-c5ccc6ccccc6c5)cccc3-4)ccc21. The fraction of sp³-hybridized carbons (Fsp3) is 0.216. The van der Waals surface area contributed by atoms with Crippen LogP contribution in [0.15, 0.2) is 151 Å². The van der Waals surface area contributed by atoms with E-state index in [-0.39, 0.29) is 26.4 Å². The van der Waals surface area contributed by atoms with Crippen LogP contribution in [0, 0.1) is 5.41 Å². The van der Waals surface area contributed by atoms with E-state index in [4.69, 9.17) is 9.47 Å². The van der Waals surface area contributed by atoms with Gasteiger partial charge < -0.3 is 19.7 Å². The number of fused-ring (bicyclic) bond motifs is 5. The first kappa shape index (κ1) is 35.0. The van der Waals surface area contributed by atoms with Gasteiger partial charge in [0.1, 0.15) is 24.7 Å². The number of benzene rings is 6. The summed E-state index contributed by atoms with van der Waals surface area (Å²) in [6.45, 7) is 5.11. The predicted molar refractivity (Wildman–Crippen MR) is 224 cm³/mol. The normalized spacial score (nSPS) is 20.8. The lowest BCUT2D eigenvalue weighted by atomic mass is 9.52. The van der Waals surface area contributed by atoms with Gasteiger partial charge in [0.05, 0.1) is 18.6 Å². The van der Waals surface area contributed by atoms with E-state index in [2.05, 4.69) is 166 Å². The van der Waals surface area contributed by atoms with Crippen LogP contribution in [-0.4, -0.2) is 36.6 Å². The molecule has 0 fully saturated rings. The molecular formula is C51H46O4. The summed E-state index contributed by atoms with van der Waals surface area (Å²) in [6.07, 6.45) is 13.0. The van der Waals surface area contributed by atoms with Crippen LogP contribution in [0.2, 0.25) is 0 Å². The Morgan fingerprint density at radius 3 is 2.00 bits per heavy atom. The standard InChI is InChI=1S/C51H46O4/c1-34-8-5-11-37-33-39(18-23-43(34)37)45-13-7-15-47-46-14-6-12-44(38-17-16-35-9-3-4-10-36(35)32-38)48(46)51(49(45)47,40-19-21-41(22-20-40)54-30-28-52)50(2)26-24-42(25-27-50)55-31-29-53/h3-7,9-26,32-34,52-53H,8,27-31H2,1-2H3. The van der Waals surface area contributed by atoms with Gasteiger partial charge in [0.25, 0.3) is 0 Å². The third-order valence-electron chi connectivity index (χ3n) is 12.2. The molecule has 55 heavy (non-hydrogen) atoms. The van der Waals surface area contributed by atoms with E-state index in [9.17, 15) is 10.2 Å². The van der Waals surface area contributed by atoms with Gasteiger partial charge in [-0.05, 0) is 127 Å². The zero-order valence-electron chi connectivity index (χ0n) is 31.5. The lowest BCUT2D eigenvalue weighted by Gasteiger charge is -2.49. The van der Waals surface area contributed by atoms with E-state index in [1.54, 1.807) is 0 Å². The molecule has 274 valence electrons. The van der Waals surface area contributed by atoms with Crippen molar-refractivity contribution in [2.45, 2.75) is 38.0 Å². The highest BCUT2D eigenvalue weighted by Crippen LogP contribution is 2.66. The summed E-state index contributed by atoms with van der Waals surface area (Å²) in [5.74, 6) is 1.98. The molecule has 0 spiro atoms. The number of ether oxygens (including phenoxy) is 2. The summed E-state index contributed by atoms with van der Waals surface area (Å²) in [5.41, 5.74) is 12.5. The Bertz CT molecular complexity index is 2510. The molecule has 6 aromatic carbocycles.